The Hall–Kier alpha value is -1.67. The van der Waals surface area contributed by atoms with Crippen molar-refractivity contribution >= 4 is 0 Å². The number of pyridine rings is 1. The van der Waals surface area contributed by atoms with Crippen LogP contribution in [0.5, 0.6) is 0 Å². The summed E-state index contributed by atoms with van der Waals surface area (Å²) in [5.74, 6) is 0. The predicted octanol–water partition coefficient (Wildman–Crippen LogP) is 4.51. The van der Waals surface area contributed by atoms with Gasteiger partial charge in [0.05, 0.1) is 0 Å². The topological polar surface area (TPSA) is 24.9 Å². The normalized spacial score (nSPS) is 12.3. The van der Waals surface area contributed by atoms with Gasteiger partial charge in [-0.3, -0.25) is 4.98 Å². The average Bonchev–Trinajstić information content (AvgIpc) is 2.49. The van der Waals surface area contributed by atoms with Crippen LogP contribution in [0.1, 0.15) is 44.0 Å². The van der Waals surface area contributed by atoms with Crippen molar-refractivity contribution < 1.29 is 0 Å². The summed E-state index contributed by atoms with van der Waals surface area (Å²) in [6.07, 6.45) is 4.22. The van der Waals surface area contributed by atoms with E-state index in [1.165, 1.54) is 16.7 Å². The van der Waals surface area contributed by atoms with Crippen LogP contribution in [0, 0.1) is 6.92 Å². The number of aryl methyl sites for hydroxylation is 1. The van der Waals surface area contributed by atoms with Gasteiger partial charge in [-0.15, -0.1) is 0 Å². The third kappa shape index (κ3) is 3.67. The molecular weight excluding hydrogens is 244 g/mol. The molecule has 20 heavy (non-hydrogen) atoms. The maximum absolute atomic E-state index is 4.38. The summed E-state index contributed by atoms with van der Waals surface area (Å²) in [4.78, 5) is 4.38. The molecule has 1 unspecified atom stereocenters. The van der Waals surface area contributed by atoms with Crippen LogP contribution in [0.15, 0.2) is 42.6 Å². The summed E-state index contributed by atoms with van der Waals surface area (Å²) in [5, 5.41) is 3.61. The Labute approximate surface area is 122 Å². The van der Waals surface area contributed by atoms with E-state index in [9.17, 15) is 0 Å². The summed E-state index contributed by atoms with van der Waals surface area (Å²) >= 11 is 0. The molecule has 0 aliphatic heterocycles. The molecule has 106 valence electrons. The molecule has 1 aromatic carbocycles. The molecule has 1 heterocycles. The summed E-state index contributed by atoms with van der Waals surface area (Å²) in [6, 6.07) is 13.4. The van der Waals surface area contributed by atoms with E-state index < -0.39 is 0 Å². The van der Waals surface area contributed by atoms with Crippen LogP contribution in [-0.2, 0) is 0 Å². The number of nitrogens with one attached hydrogen (secondary N) is 1. The van der Waals surface area contributed by atoms with Crippen molar-refractivity contribution in [2.24, 2.45) is 0 Å². The second-order valence-electron chi connectivity index (χ2n) is 5.23. The molecule has 1 aromatic heterocycles. The van der Waals surface area contributed by atoms with E-state index in [1.54, 1.807) is 0 Å². The molecule has 0 radical (unpaired) electrons. The Morgan fingerprint density at radius 1 is 1.10 bits per heavy atom. The van der Waals surface area contributed by atoms with E-state index in [1.807, 2.05) is 13.1 Å². The van der Waals surface area contributed by atoms with Crippen LogP contribution in [-0.4, -0.2) is 11.5 Å². The number of nitrogens with zero attached hydrogens (tertiary/aromatic N) is 1. The van der Waals surface area contributed by atoms with E-state index in [0.717, 1.165) is 25.1 Å². The number of hydrogen-bond donors (Lipinski definition) is 1. The fourth-order valence-electron chi connectivity index (χ4n) is 2.39. The highest BCUT2D eigenvalue weighted by atomic mass is 14.9. The maximum atomic E-state index is 4.38. The van der Waals surface area contributed by atoms with Gasteiger partial charge in [-0.1, -0.05) is 38.1 Å². The highest BCUT2D eigenvalue weighted by Gasteiger charge is 2.09. The molecule has 0 amide bonds. The molecule has 0 saturated heterocycles. The Morgan fingerprint density at radius 3 is 2.60 bits per heavy atom. The van der Waals surface area contributed by atoms with Gasteiger partial charge in [0.15, 0.2) is 0 Å². The Balaban J connectivity index is 2.24. The molecule has 0 aliphatic rings. The fourth-order valence-corrected chi connectivity index (χ4v) is 2.39. The predicted molar refractivity (Wildman–Crippen MR) is 85.7 cm³/mol. The van der Waals surface area contributed by atoms with E-state index in [-0.39, 0.29) is 0 Å². The van der Waals surface area contributed by atoms with Crippen LogP contribution in [0.25, 0.3) is 11.1 Å². The van der Waals surface area contributed by atoms with E-state index in [4.69, 9.17) is 0 Å². The molecule has 0 bridgehead atoms. The monoisotopic (exact) mass is 268 g/mol. The second-order valence-corrected chi connectivity index (χ2v) is 5.23. The van der Waals surface area contributed by atoms with E-state index in [2.05, 4.69) is 60.5 Å². The number of hydrogen-bond acceptors (Lipinski definition) is 2. The third-order valence-electron chi connectivity index (χ3n) is 3.58. The van der Waals surface area contributed by atoms with Crippen LogP contribution in [0.3, 0.4) is 0 Å². The minimum absolute atomic E-state index is 0.438. The van der Waals surface area contributed by atoms with Crippen molar-refractivity contribution in [1.82, 2.24) is 10.3 Å². The first-order chi connectivity index (χ1) is 9.74. The molecule has 2 nitrogen and oxygen atoms in total. The molecule has 2 heteroatoms. The molecule has 2 rings (SSSR count). The van der Waals surface area contributed by atoms with Gasteiger partial charge in [0, 0.05) is 23.5 Å². The largest absolute Gasteiger partial charge is 0.310 e. The van der Waals surface area contributed by atoms with Crippen LogP contribution in [0.2, 0.25) is 0 Å². The minimum Gasteiger partial charge on any atom is -0.310 e. The van der Waals surface area contributed by atoms with Crippen molar-refractivity contribution in [3.05, 3.63) is 53.9 Å². The number of aromatic nitrogens is 1. The molecule has 0 aliphatic carbocycles. The Bertz CT molecular complexity index is 531. The fraction of sp³-hybridized carbons (Fsp3) is 0.389. The van der Waals surface area contributed by atoms with Gasteiger partial charge in [0.25, 0.3) is 0 Å². The quantitative estimate of drug-likeness (QED) is 0.834. The van der Waals surface area contributed by atoms with Gasteiger partial charge in [0.2, 0.25) is 0 Å². The summed E-state index contributed by atoms with van der Waals surface area (Å²) in [5.41, 5.74) is 4.84. The molecule has 2 aromatic rings. The molecule has 1 atom stereocenters. The lowest BCUT2D eigenvalue weighted by atomic mass is 9.99. The van der Waals surface area contributed by atoms with Gasteiger partial charge in [-0.05, 0) is 49.6 Å². The van der Waals surface area contributed by atoms with Crippen LogP contribution >= 0.6 is 0 Å². The van der Waals surface area contributed by atoms with Crippen molar-refractivity contribution in [2.45, 2.75) is 39.7 Å². The zero-order chi connectivity index (χ0) is 14.4. The van der Waals surface area contributed by atoms with Gasteiger partial charge >= 0.3 is 0 Å². The summed E-state index contributed by atoms with van der Waals surface area (Å²) in [6.45, 7) is 7.51. The summed E-state index contributed by atoms with van der Waals surface area (Å²) < 4.78 is 0. The zero-order valence-corrected chi connectivity index (χ0v) is 12.7. The number of benzene rings is 1. The Morgan fingerprint density at radius 2 is 1.95 bits per heavy atom. The molecule has 0 saturated carbocycles. The second kappa shape index (κ2) is 7.20. The first-order valence-electron chi connectivity index (χ1n) is 7.51. The Kier molecular flexibility index (Phi) is 5.31. The van der Waals surface area contributed by atoms with E-state index in [0.29, 0.717) is 6.04 Å². The average molecular weight is 268 g/mol. The SMILES string of the molecule is CCCNC(CC)c1cccc(-c2ccc(C)nc2)c1. The van der Waals surface area contributed by atoms with Gasteiger partial charge in [-0.2, -0.15) is 0 Å². The first-order valence-corrected chi connectivity index (χ1v) is 7.51. The lowest BCUT2D eigenvalue weighted by Crippen LogP contribution is -2.21. The van der Waals surface area contributed by atoms with Gasteiger partial charge in [-0.25, -0.2) is 0 Å². The highest BCUT2D eigenvalue weighted by molar-refractivity contribution is 5.63. The van der Waals surface area contributed by atoms with Crippen molar-refractivity contribution in [1.29, 1.82) is 0 Å². The van der Waals surface area contributed by atoms with Crippen molar-refractivity contribution in [3.8, 4) is 11.1 Å². The molecule has 1 N–H and O–H groups in total. The molecule has 0 fully saturated rings. The van der Waals surface area contributed by atoms with Crippen LogP contribution < -0.4 is 5.32 Å². The van der Waals surface area contributed by atoms with E-state index >= 15 is 0 Å². The van der Waals surface area contributed by atoms with Gasteiger partial charge < -0.3 is 5.32 Å². The smallest absolute Gasteiger partial charge is 0.0373 e. The number of rotatable bonds is 6. The molecular formula is C18H24N2. The van der Waals surface area contributed by atoms with Crippen molar-refractivity contribution in [2.75, 3.05) is 6.54 Å². The third-order valence-corrected chi connectivity index (χ3v) is 3.58. The minimum atomic E-state index is 0.438. The van der Waals surface area contributed by atoms with Crippen LogP contribution in [0.4, 0.5) is 0 Å². The maximum Gasteiger partial charge on any atom is 0.0373 e. The lowest BCUT2D eigenvalue weighted by molar-refractivity contribution is 0.518. The first kappa shape index (κ1) is 14.7. The zero-order valence-electron chi connectivity index (χ0n) is 12.7. The van der Waals surface area contributed by atoms with Crippen molar-refractivity contribution in [3.63, 3.8) is 0 Å². The highest BCUT2D eigenvalue weighted by Crippen LogP contribution is 2.24. The van der Waals surface area contributed by atoms with Gasteiger partial charge in [0.1, 0.15) is 0 Å². The standard InChI is InChI=1S/C18H24N2/c1-4-11-19-18(5-2)16-8-6-7-15(12-16)17-10-9-14(3)20-13-17/h6-10,12-13,18-19H,4-5,11H2,1-3H3. The summed E-state index contributed by atoms with van der Waals surface area (Å²) in [7, 11) is 0. The lowest BCUT2D eigenvalue weighted by Gasteiger charge is -2.18. The molecule has 0 spiro atoms.